The van der Waals surface area contributed by atoms with E-state index in [2.05, 4.69) is 47.2 Å². The highest BCUT2D eigenvalue weighted by atomic mass is 16.1. The molecule has 3 aliphatic carbocycles. The molecule has 0 aromatic rings. The summed E-state index contributed by atoms with van der Waals surface area (Å²) in [5, 5.41) is 3.64. The molecule has 3 aliphatic rings. The molecule has 0 radical (unpaired) electrons. The highest BCUT2D eigenvalue weighted by Gasteiger charge is 2.23. The van der Waals surface area contributed by atoms with Crippen molar-refractivity contribution >= 4 is 24.5 Å². The van der Waals surface area contributed by atoms with Crippen molar-refractivity contribution in [2.24, 2.45) is 21.6 Å². The first-order chi connectivity index (χ1) is 20.8. The van der Waals surface area contributed by atoms with Crippen LogP contribution in [0.25, 0.3) is 0 Å². The molecule has 7 heteroatoms. The van der Waals surface area contributed by atoms with Crippen LogP contribution in [-0.4, -0.2) is 37.1 Å². The molecule has 0 amide bonds. The van der Waals surface area contributed by atoms with Gasteiger partial charge in [-0.2, -0.15) is 0 Å². The second kappa shape index (κ2) is 26.0. The summed E-state index contributed by atoms with van der Waals surface area (Å²) in [5.41, 5.74) is 10.5. The van der Waals surface area contributed by atoms with Crippen LogP contribution in [0.15, 0.2) is 93.4 Å². The number of carbonyl (C=O) groups excluding carboxylic acids is 2. The van der Waals surface area contributed by atoms with Gasteiger partial charge in [0.1, 0.15) is 6.29 Å². The average molecular weight is 606 g/mol. The van der Waals surface area contributed by atoms with E-state index in [0.717, 1.165) is 61.2 Å². The molecule has 0 aromatic carbocycles. The van der Waals surface area contributed by atoms with Gasteiger partial charge in [-0.25, -0.2) is 0 Å². The molecule has 2 saturated carbocycles. The number of allylic oxidation sites excluding steroid dienone is 11. The average Bonchev–Trinajstić information content (AvgIpc) is 3.01. The van der Waals surface area contributed by atoms with Crippen LogP contribution in [0.1, 0.15) is 105 Å². The first kappa shape index (κ1) is 40.6. The largest absolute Gasteiger partial charge is 0.402 e. The van der Waals surface area contributed by atoms with E-state index in [1.807, 2.05) is 50.3 Å². The fourth-order valence-corrected chi connectivity index (χ4v) is 5.24. The Labute approximate surface area is 267 Å². The van der Waals surface area contributed by atoms with Crippen molar-refractivity contribution in [1.29, 1.82) is 0 Å². The number of aliphatic imine (C=N–C) groups is 2. The van der Waals surface area contributed by atoms with E-state index >= 15 is 0 Å². The highest BCUT2D eigenvalue weighted by molar-refractivity contribution is 6.00. The molecule has 244 valence electrons. The van der Waals surface area contributed by atoms with Crippen molar-refractivity contribution in [2.45, 2.75) is 111 Å². The molecule has 0 unspecified atom stereocenters. The molecule has 0 bridgehead atoms. The first-order valence-electron chi connectivity index (χ1n) is 16.0. The minimum absolute atomic E-state index is 0. The summed E-state index contributed by atoms with van der Waals surface area (Å²) in [6, 6.07) is 0.682. The maximum Gasteiger partial charge on any atom is 0.165 e. The quantitative estimate of drug-likeness (QED) is 0.0713. The maximum absolute atomic E-state index is 12.7. The van der Waals surface area contributed by atoms with Gasteiger partial charge in [0.05, 0.1) is 11.9 Å². The van der Waals surface area contributed by atoms with Crippen LogP contribution in [0.4, 0.5) is 0 Å². The van der Waals surface area contributed by atoms with Crippen molar-refractivity contribution in [3.8, 4) is 0 Å². The standard InChI is InChI=1S/C20H34N2O.C15H18N2.C2H4O.H3N/c1-16(21)15-18(20(23)17-9-4-2-5-10-17)11-8-14-22-19-12-6-3-7-13-19;1-4-5-6-7-15(12-16-3)17-14-10-8-13(2)9-11-14;1-2-3;/h11,15,17,19,22H,2-10,12-14,21H2,1H3;4-10,12H,3,11H2,1-2H3;2H,1H3;1H3/b16-15+,18-11+;5-4-,7-6-,15-12-,17-14?;;. The summed E-state index contributed by atoms with van der Waals surface area (Å²) in [6.45, 7) is 11.8. The van der Waals surface area contributed by atoms with Crippen molar-refractivity contribution in [1.82, 2.24) is 11.5 Å². The predicted molar refractivity (Wildman–Crippen MR) is 190 cm³/mol. The van der Waals surface area contributed by atoms with Gasteiger partial charge in [-0.15, -0.1) is 0 Å². The molecule has 0 spiro atoms. The van der Waals surface area contributed by atoms with E-state index in [1.165, 1.54) is 63.9 Å². The molecule has 6 N–H and O–H groups in total. The number of rotatable bonds is 11. The van der Waals surface area contributed by atoms with Gasteiger partial charge in [0.2, 0.25) is 0 Å². The molecule has 0 saturated heterocycles. The van der Waals surface area contributed by atoms with Crippen LogP contribution in [0.2, 0.25) is 0 Å². The Morgan fingerprint density at radius 3 is 2.23 bits per heavy atom. The number of nitrogens with one attached hydrogen (secondary N) is 1. The molecule has 0 aliphatic heterocycles. The van der Waals surface area contributed by atoms with Gasteiger partial charge in [0, 0.05) is 35.4 Å². The van der Waals surface area contributed by atoms with Crippen LogP contribution in [0.3, 0.4) is 0 Å². The van der Waals surface area contributed by atoms with Crippen LogP contribution in [0, 0.1) is 5.92 Å². The number of hydrogen-bond donors (Lipinski definition) is 3. The SMILES string of the molecule is C/C(N)=C\C(=C/CCNC1CCCCC1)C(=O)C1CCCCC1.C=N/C=C(/C=C\C=C/C)N=C1C=CC(C)=CC1.CC=O.N. The van der Waals surface area contributed by atoms with E-state index in [0.29, 0.717) is 11.8 Å². The molecular formula is C37H59N5O2. The van der Waals surface area contributed by atoms with Gasteiger partial charge >= 0.3 is 0 Å². The van der Waals surface area contributed by atoms with Gasteiger partial charge in [-0.1, -0.05) is 80.6 Å². The lowest BCUT2D eigenvalue weighted by Gasteiger charge is -2.23. The van der Waals surface area contributed by atoms with Crippen LogP contribution >= 0.6 is 0 Å². The number of nitrogens with two attached hydrogens (primary N) is 1. The summed E-state index contributed by atoms with van der Waals surface area (Å²) < 4.78 is 0. The van der Waals surface area contributed by atoms with Gasteiger partial charge in [0.25, 0.3) is 0 Å². The van der Waals surface area contributed by atoms with Gasteiger partial charge in [0.15, 0.2) is 5.78 Å². The van der Waals surface area contributed by atoms with E-state index in [1.54, 1.807) is 6.20 Å². The summed E-state index contributed by atoms with van der Waals surface area (Å²) in [7, 11) is 0. The van der Waals surface area contributed by atoms with E-state index in [9.17, 15) is 4.79 Å². The number of hydrogen-bond acceptors (Lipinski definition) is 7. The lowest BCUT2D eigenvalue weighted by atomic mass is 9.83. The van der Waals surface area contributed by atoms with E-state index in [-0.39, 0.29) is 12.1 Å². The normalized spacial score (nSPS) is 19.4. The fraction of sp³-hybridized carbons (Fsp3) is 0.514. The number of Topliss-reactive ketones (excluding diaryl/α,β-unsaturated/α-hetero) is 1. The fourth-order valence-electron chi connectivity index (χ4n) is 5.24. The summed E-state index contributed by atoms with van der Waals surface area (Å²) in [4.78, 5) is 29.8. The Morgan fingerprint density at radius 1 is 1.05 bits per heavy atom. The molecule has 3 rings (SSSR count). The van der Waals surface area contributed by atoms with E-state index in [4.69, 9.17) is 10.5 Å². The van der Waals surface area contributed by atoms with Crippen molar-refractivity contribution in [2.75, 3.05) is 6.54 Å². The smallest absolute Gasteiger partial charge is 0.165 e. The topological polar surface area (TPSA) is 132 Å². The Balaban J connectivity index is 0.000000783. The number of carbonyl (C=O) groups is 2. The molecule has 0 atom stereocenters. The zero-order valence-corrected chi connectivity index (χ0v) is 27.9. The lowest BCUT2D eigenvalue weighted by molar-refractivity contribution is -0.119. The molecule has 7 nitrogen and oxygen atoms in total. The monoisotopic (exact) mass is 605 g/mol. The Kier molecular flexibility index (Phi) is 24.0. The summed E-state index contributed by atoms with van der Waals surface area (Å²) in [6.07, 6.45) is 34.7. The first-order valence-corrected chi connectivity index (χ1v) is 16.0. The van der Waals surface area contributed by atoms with Crippen molar-refractivity contribution in [3.05, 3.63) is 83.4 Å². The van der Waals surface area contributed by atoms with Gasteiger partial charge in [-0.3, -0.25) is 14.8 Å². The molecule has 0 aromatic heterocycles. The summed E-state index contributed by atoms with van der Waals surface area (Å²) in [5.74, 6) is 0.532. The maximum atomic E-state index is 12.7. The third kappa shape index (κ3) is 19.0. The van der Waals surface area contributed by atoms with Crippen molar-refractivity contribution < 1.29 is 9.59 Å². The second-order valence-electron chi connectivity index (χ2n) is 11.3. The molecule has 44 heavy (non-hydrogen) atoms. The molecule has 2 fully saturated rings. The molecular weight excluding hydrogens is 546 g/mol. The van der Waals surface area contributed by atoms with Crippen molar-refractivity contribution in [3.63, 3.8) is 0 Å². The van der Waals surface area contributed by atoms with E-state index < -0.39 is 0 Å². The zero-order chi connectivity index (χ0) is 31.7. The molecule has 0 heterocycles. The number of ketones is 1. The minimum Gasteiger partial charge on any atom is -0.402 e. The highest BCUT2D eigenvalue weighted by Crippen LogP contribution is 2.27. The lowest BCUT2D eigenvalue weighted by Crippen LogP contribution is -2.31. The Bertz CT molecular complexity index is 1090. The Morgan fingerprint density at radius 2 is 1.68 bits per heavy atom. The van der Waals surface area contributed by atoms with Crippen LogP contribution in [0.5, 0.6) is 0 Å². The van der Waals surface area contributed by atoms with Crippen LogP contribution < -0.4 is 17.2 Å². The Hall–Kier alpha value is -3.42. The predicted octanol–water partition coefficient (Wildman–Crippen LogP) is 8.61. The van der Waals surface area contributed by atoms with Gasteiger partial charge < -0.3 is 22.0 Å². The third-order valence-electron chi connectivity index (χ3n) is 7.43. The second-order valence-corrected chi connectivity index (χ2v) is 11.3. The third-order valence-corrected chi connectivity index (χ3v) is 7.43. The number of aldehydes is 1. The number of nitrogens with zero attached hydrogens (tertiary/aromatic N) is 2. The summed E-state index contributed by atoms with van der Waals surface area (Å²) >= 11 is 0. The van der Waals surface area contributed by atoms with Gasteiger partial charge in [-0.05, 0) is 91.3 Å². The minimum atomic E-state index is 0. The zero-order valence-electron chi connectivity index (χ0n) is 27.9. The van der Waals surface area contributed by atoms with Crippen LogP contribution in [-0.2, 0) is 9.59 Å².